The van der Waals surface area contributed by atoms with Gasteiger partial charge in [-0.05, 0) is 30.9 Å². The lowest BCUT2D eigenvalue weighted by molar-refractivity contribution is 0.239. The second-order valence-corrected chi connectivity index (χ2v) is 5.61. The molecule has 16 heavy (non-hydrogen) atoms. The molecule has 0 aliphatic heterocycles. The zero-order valence-electron chi connectivity index (χ0n) is 8.93. The normalized spacial score (nSPS) is 24.6. The summed E-state index contributed by atoms with van der Waals surface area (Å²) in [5.41, 5.74) is 5.91. The van der Waals surface area contributed by atoms with Gasteiger partial charge in [-0.1, -0.05) is 23.7 Å². The van der Waals surface area contributed by atoms with E-state index in [9.17, 15) is 4.79 Å². The number of nitrogens with zero attached hydrogens (tertiary/aromatic N) is 1. The third-order valence-corrected chi connectivity index (χ3v) is 4.34. The van der Waals surface area contributed by atoms with Crippen molar-refractivity contribution in [1.29, 1.82) is 0 Å². The van der Waals surface area contributed by atoms with Gasteiger partial charge >= 0.3 is 0 Å². The highest BCUT2D eigenvalue weighted by Gasteiger charge is 2.26. The second kappa shape index (κ2) is 3.71. The van der Waals surface area contributed by atoms with Gasteiger partial charge in [-0.25, -0.2) is 0 Å². The number of hydrogen-bond donors (Lipinski definition) is 1. The maximum Gasteiger partial charge on any atom is 0.268 e. The van der Waals surface area contributed by atoms with Crippen LogP contribution < -0.4 is 11.3 Å². The summed E-state index contributed by atoms with van der Waals surface area (Å²) in [5, 5.41) is 0.844. The molecular weight excluding hydrogens is 220 g/mol. The van der Waals surface area contributed by atoms with Crippen molar-refractivity contribution in [2.24, 2.45) is 11.7 Å². The summed E-state index contributed by atoms with van der Waals surface area (Å²) in [6.07, 6.45) is 2.11. The molecule has 0 amide bonds. The van der Waals surface area contributed by atoms with Crippen LogP contribution in [0.25, 0.3) is 10.1 Å². The highest BCUT2D eigenvalue weighted by atomic mass is 32.1. The van der Waals surface area contributed by atoms with Crippen LogP contribution in [0.2, 0.25) is 0 Å². The van der Waals surface area contributed by atoms with Crippen LogP contribution in [0.4, 0.5) is 0 Å². The van der Waals surface area contributed by atoms with E-state index in [0.29, 0.717) is 12.0 Å². The van der Waals surface area contributed by atoms with Crippen LogP contribution in [0, 0.1) is 5.92 Å². The van der Waals surface area contributed by atoms with Crippen LogP contribution >= 0.6 is 11.5 Å². The average Bonchev–Trinajstić information content (AvgIpc) is 2.55. The van der Waals surface area contributed by atoms with E-state index in [1.54, 1.807) is 11.5 Å². The Kier molecular flexibility index (Phi) is 2.33. The molecule has 1 aromatic heterocycles. The fourth-order valence-corrected chi connectivity index (χ4v) is 3.41. The monoisotopic (exact) mass is 234 g/mol. The number of aromatic nitrogens is 1. The number of fused-ring (bicyclic) bond motifs is 1. The molecule has 0 atom stereocenters. The van der Waals surface area contributed by atoms with Gasteiger partial charge in [0.15, 0.2) is 0 Å². The van der Waals surface area contributed by atoms with Crippen molar-refractivity contribution in [2.45, 2.75) is 25.4 Å². The van der Waals surface area contributed by atoms with E-state index in [2.05, 4.69) is 0 Å². The molecule has 1 aromatic carbocycles. The minimum absolute atomic E-state index is 0.154. The highest BCUT2D eigenvalue weighted by Crippen LogP contribution is 2.28. The predicted octanol–water partition coefficient (Wildman–Crippen LogP) is 1.80. The van der Waals surface area contributed by atoms with Crippen LogP contribution in [-0.4, -0.2) is 10.00 Å². The first-order valence-electron chi connectivity index (χ1n) is 5.58. The van der Waals surface area contributed by atoms with Crippen molar-refractivity contribution in [1.82, 2.24) is 3.96 Å². The standard InChI is InChI=1S/C12H14N2OS/c13-9-5-8(6-9)7-14-12(15)10-3-1-2-4-11(10)16-14/h1-4,8-9H,5-7,13H2. The summed E-state index contributed by atoms with van der Waals surface area (Å²) in [6.45, 7) is 0.839. The molecule has 3 nitrogen and oxygen atoms in total. The molecule has 1 fully saturated rings. The number of benzene rings is 1. The van der Waals surface area contributed by atoms with Gasteiger partial charge in [0.05, 0.1) is 10.1 Å². The lowest BCUT2D eigenvalue weighted by atomic mass is 9.81. The summed E-state index contributed by atoms with van der Waals surface area (Å²) >= 11 is 1.57. The summed E-state index contributed by atoms with van der Waals surface area (Å²) in [5.74, 6) is 0.598. The second-order valence-electron chi connectivity index (χ2n) is 4.55. The summed E-state index contributed by atoms with van der Waals surface area (Å²) in [6, 6.07) is 8.15. The van der Waals surface area contributed by atoms with Gasteiger partial charge in [-0.2, -0.15) is 0 Å². The average molecular weight is 234 g/mol. The van der Waals surface area contributed by atoms with Crippen LogP contribution in [0.1, 0.15) is 12.8 Å². The van der Waals surface area contributed by atoms with E-state index < -0.39 is 0 Å². The van der Waals surface area contributed by atoms with Gasteiger partial charge < -0.3 is 5.73 Å². The lowest BCUT2D eigenvalue weighted by Crippen LogP contribution is -2.39. The van der Waals surface area contributed by atoms with E-state index in [1.807, 2.05) is 28.2 Å². The molecule has 3 rings (SSSR count). The molecule has 2 aromatic rings. The molecule has 0 unspecified atom stereocenters. The molecule has 1 aliphatic carbocycles. The predicted molar refractivity (Wildman–Crippen MR) is 66.8 cm³/mol. The van der Waals surface area contributed by atoms with E-state index >= 15 is 0 Å². The fraction of sp³-hybridized carbons (Fsp3) is 0.417. The zero-order chi connectivity index (χ0) is 11.1. The van der Waals surface area contributed by atoms with Crippen LogP contribution in [0.3, 0.4) is 0 Å². The molecule has 0 radical (unpaired) electrons. The van der Waals surface area contributed by atoms with Crippen molar-refractivity contribution in [3.63, 3.8) is 0 Å². The highest BCUT2D eigenvalue weighted by molar-refractivity contribution is 7.13. The Hall–Kier alpha value is -1.13. The largest absolute Gasteiger partial charge is 0.328 e. The van der Waals surface area contributed by atoms with Crippen LogP contribution in [0.5, 0.6) is 0 Å². The van der Waals surface area contributed by atoms with Crippen molar-refractivity contribution in [2.75, 3.05) is 0 Å². The van der Waals surface area contributed by atoms with Crippen molar-refractivity contribution in [3.8, 4) is 0 Å². The molecule has 1 heterocycles. The molecule has 0 saturated heterocycles. The molecule has 0 bridgehead atoms. The Labute approximate surface area is 97.6 Å². The maximum atomic E-state index is 12.0. The van der Waals surface area contributed by atoms with Crippen molar-refractivity contribution < 1.29 is 0 Å². The van der Waals surface area contributed by atoms with Gasteiger partial charge in [-0.3, -0.25) is 8.75 Å². The number of rotatable bonds is 2. The first-order chi connectivity index (χ1) is 7.74. The van der Waals surface area contributed by atoms with E-state index in [4.69, 9.17) is 5.73 Å². The van der Waals surface area contributed by atoms with E-state index in [0.717, 1.165) is 29.5 Å². The van der Waals surface area contributed by atoms with Gasteiger partial charge in [0, 0.05) is 12.6 Å². The summed E-state index contributed by atoms with van der Waals surface area (Å²) in [7, 11) is 0. The fourth-order valence-electron chi connectivity index (χ4n) is 2.31. The quantitative estimate of drug-likeness (QED) is 0.861. The third-order valence-electron chi connectivity index (χ3n) is 3.25. The topological polar surface area (TPSA) is 48.0 Å². The molecular formula is C12H14N2OS. The van der Waals surface area contributed by atoms with Crippen molar-refractivity contribution in [3.05, 3.63) is 34.6 Å². The Bertz CT molecular complexity index is 566. The van der Waals surface area contributed by atoms with Crippen LogP contribution in [0.15, 0.2) is 29.1 Å². The van der Waals surface area contributed by atoms with Gasteiger partial charge in [0.25, 0.3) is 5.56 Å². The number of hydrogen-bond acceptors (Lipinski definition) is 3. The Balaban J connectivity index is 1.92. The van der Waals surface area contributed by atoms with E-state index in [1.165, 1.54) is 0 Å². The maximum absolute atomic E-state index is 12.0. The van der Waals surface area contributed by atoms with Crippen LogP contribution in [-0.2, 0) is 6.54 Å². The molecule has 4 heteroatoms. The molecule has 0 spiro atoms. The third kappa shape index (κ3) is 1.58. The van der Waals surface area contributed by atoms with Crippen molar-refractivity contribution >= 4 is 21.6 Å². The Morgan fingerprint density at radius 3 is 2.81 bits per heavy atom. The minimum atomic E-state index is 0.154. The van der Waals surface area contributed by atoms with E-state index in [-0.39, 0.29) is 5.56 Å². The SMILES string of the molecule is NC1CC(Cn2sc3ccccc3c2=O)C1. The Morgan fingerprint density at radius 1 is 1.38 bits per heavy atom. The molecule has 1 aliphatic rings. The zero-order valence-corrected chi connectivity index (χ0v) is 9.74. The first kappa shape index (κ1) is 10.1. The molecule has 2 N–H and O–H groups in total. The van der Waals surface area contributed by atoms with Gasteiger partial charge in [0.2, 0.25) is 0 Å². The molecule has 84 valence electrons. The Morgan fingerprint density at radius 2 is 2.12 bits per heavy atom. The smallest absolute Gasteiger partial charge is 0.268 e. The lowest BCUT2D eigenvalue weighted by Gasteiger charge is -2.32. The van der Waals surface area contributed by atoms with Gasteiger partial charge in [0.1, 0.15) is 0 Å². The minimum Gasteiger partial charge on any atom is -0.328 e. The summed E-state index contributed by atoms with van der Waals surface area (Å²) in [4.78, 5) is 12.0. The van der Waals surface area contributed by atoms with Gasteiger partial charge in [-0.15, -0.1) is 0 Å². The first-order valence-corrected chi connectivity index (χ1v) is 6.36. The number of nitrogens with two attached hydrogens (primary N) is 1. The summed E-state index contributed by atoms with van der Waals surface area (Å²) < 4.78 is 2.96. The molecule has 1 saturated carbocycles.